The summed E-state index contributed by atoms with van der Waals surface area (Å²) in [5.41, 5.74) is 8.84. The number of anilines is 1. The molecule has 0 aliphatic rings. The van der Waals surface area contributed by atoms with Gasteiger partial charge in [-0.15, -0.1) is 0 Å². The third-order valence-electron chi connectivity index (χ3n) is 4.71. The largest absolute Gasteiger partial charge is 0.481 e. The van der Waals surface area contributed by atoms with Crippen molar-refractivity contribution in [3.63, 3.8) is 0 Å². The highest BCUT2D eigenvalue weighted by atomic mass is 16.5. The highest BCUT2D eigenvalue weighted by Crippen LogP contribution is 2.29. The Kier molecular flexibility index (Phi) is 5.27. The summed E-state index contributed by atoms with van der Waals surface area (Å²) < 4.78 is 6.74. The molecule has 0 aliphatic carbocycles. The van der Waals surface area contributed by atoms with Gasteiger partial charge in [0.2, 0.25) is 5.88 Å². The topological polar surface area (TPSA) is 128 Å². The summed E-state index contributed by atoms with van der Waals surface area (Å²) in [6, 6.07) is 14.3. The first kappa shape index (κ1) is 19.3. The molecule has 1 unspecified atom stereocenters. The van der Waals surface area contributed by atoms with Gasteiger partial charge in [-0.2, -0.15) is 5.10 Å². The monoisotopic (exact) mass is 404 g/mol. The van der Waals surface area contributed by atoms with E-state index in [0.717, 1.165) is 5.56 Å². The summed E-state index contributed by atoms with van der Waals surface area (Å²) in [5.74, 6) is 0.212. The molecule has 1 aromatic carbocycles. The summed E-state index contributed by atoms with van der Waals surface area (Å²) in [5, 5.41) is 17.3. The minimum absolute atomic E-state index is 0.0478. The Hall–Kier alpha value is -3.98. The summed E-state index contributed by atoms with van der Waals surface area (Å²) >= 11 is 0. The van der Waals surface area contributed by atoms with Crippen molar-refractivity contribution in [3.8, 4) is 17.1 Å². The highest BCUT2D eigenvalue weighted by Gasteiger charge is 2.21. The van der Waals surface area contributed by atoms with Gasteiger partial charge in [0.1, 0.15) is 11.8 Å². The number of rotatable bonds is 6. The van der Waals surface area contributed by atoms with Gasteiger partial charge in [0, 0.05) is 24.4 Å². The Morgan fingerprint density at radius 2 is 2.03 bits per heavy atom. The van der Waals surface area contributed by atoms with E-state index in [4.69, 9.17) is 10.5 Å². The number of fused-ring (bicyclic) bond motifs is 1. The number of aromatic nitrogens is 4. The number of nitrogens with one attached hydrogen (secondary N) is 1. The van der Waals surface area contributed by atoms with E-state index >= 15 is 0 Å². The maximum Gasteiger partial charge on any atom is 0.253 e. The number of aliphatic hydroxyl groups excluding tert-OH is 1. The minimum Gasteiger partial charge on any atom is -0.481 e. The van der Waals surface area contributed by atoms with E-state index in [9.17, 15) is 9.90 Å². The van der Waals surface area contributed by atoms with Crippen LogP contribution in [0.1, 0.15) is 22.0 Å². The maximum atomic E-state index is 12.9. The van der Waals surface area contributed by atoms with Crippen LogP contribution in [0.4, 0.5) is 5.82 Å². The Bertz CT molecular complexity index is 1190. The van der Waals surface area contributed by atoms with E-state index in [1.165, 1.54) is 13.4 Å². The number of aliphatic hydroxyl groups is 1. The Morgan fingerprint density at radius 1 is 1.23 bits per heavy atom. The number of pyridine rings is 1. The van der Waals surface area contributed by atoms with Crippen LogP contribution in [0.3, 0.4) is 0 Å². The number of methoxy groups -OCH3 is 1. The first-order chi connectivity index (χ1) is 14.6. The fraction of sp³-hybridized carbons (Fsp3) is 0.143. The van der Waals surface area contributed by atoms with Crippen LogP contribution in [0.25, 0.3) is 16.8 Å². The van der Waals surface area contributed by atoms with Crippen LogP contribution in [0.15, 0.2) is 61.1 Å². The molecule has 0 radical (unpaired) electrons. The standard InChI is InChI=1S/C21H20N6O3/c1-30-18-9-14(7-8-23-18)16-10-15(19-20(22)25-12-26-27(16)19)21(29)24-11-17(28)13-5-3-2-4-6-13/h2-10,12,17,28H,11H2,1H3,(H,24,29)(H2,22,25,26). The van der Waals surface area contributed by atoms with Gasteiger partial charge >= 0.3 is 0 Å². The Balaban J connectivity index is 1.67. The molecule has 0 fully saturated rings. The Morgan fingerprint density at radius 3 is 2.80 bits per heavy atom. The molecule has 4 aromatic rings. The lowest BCUT2D eigenvalue weighted by Crippen LogP contribution is -2.28. The van der Waals surface area contributed by atoms with Crippen LogP contribution >= 0.6 is 0 Å². The molecule has 0 bridgehead atoms. The third-order valence-corrected chi connectivity index (χ3v) is 4.71. The van der Waals surface area contributed by atoms with Gasteiger partial charge < -0.3 is 20.9 Å². The summed E-state index contributed by atoms with van der Waals surface area (Å²) in [4.78, 5) is 21.0. The lowest BCUT2D eigenvalue weighted by atomic mass is 10.1. The van der Waals surface area contributed by atoms with Crippen molar-refractivity contribution in [2.24, 2.45) is 0 Å². The molecule has 4 N–H and O–H groups in total. The van der Waals surface area contributed by atoms with Crippen LogP contribution in [0.5, 0.6) is 5.88 Å². The first-order valence-electron chi connectivity index (χ1n) is 9.22. The van der Waals surface area contributed by atoms with Crippen LogP contribution in [-0.2, 0) is 0 Å². The molecule has 4 rings (SSSR count). The van der Waals surface area contributed by atoms with Crippen LogP contribution in [0, 0.1) is 0 Å². The van der Waals surface area contributed by atoms with Gasteiger partial charge in [0.15, 0.2) is 5.82 Å². The molecular formula is C21H20N6O3. The number of nitrogen functional groups attached to an aromatic ring is 1. The molecule has 3 aromatic heterocycles. The molecule has 0 saturated carbocycles. The van der Waals surface area contributed by atoms with Crippen molar-refractivity contribution >= 4 is 17.2 Å². The second kappa shape index (κ2) is 8.18. The minimum atomic E-state index is -0.832. The highest BCUT2D eigenvalue weighted by molar-refractivity contribution is 6.05. The predicted octanol–water partition coefficient (Wildman–Crippen LogP) is 1.85. The summed E-state index contributed by atoms with van der Waals surface area (Å²) in [7, 11) is 1.53. The van der Waals surface area contributed by atoms with Gasteiger partial charge in [-0.1, -0.05) is 30.3 Å². The number of carbonyl (C=O) groups excluding carboxylic acids is 1. The molecule has 9 nitrogen and oxygen atoms in total. The maximum absolute atomic E-state index is 12.9. The zero-order chi connectivity index (χ0) is 21.1. The quantitative estimate of drug-likeness (QED) is 0.447. The van der Waals surface area contributed by atoms with Gasteiger partial charge in [-0.25, -0.2) is 14.5 Å². The number of hydrogen-bond acceptors (Lipinski definition) is 7. The van der Waals surface area contributed by atoms with Gasteiger partial charge in [-0.05, 0) is 17.7 Å². The smallest absolute Gasteiger partial charge is 0.253 e. The van der Waals surface area contributed by atoms with Gasteiger partial charge in [0.05, 0.1) is 24.5 Å². The molecule has 0 aliphatic heterocycles. The van der Waals surface area contributed by atoms with E-state index < -0.39 is 12.0 Å². The second-order valence-corrected chi connectivity index (χ2v) is 6.57. The zero-order valence-corrected chi connectivity index (χ0v) is 16.2. The number of ether oxygens (including phenoxy) is 1. The number of benzene rings is 1. The number of carbonyl (C=O) groups is 1. The normalized spacial score (nSPS) is 11.9. The predicted molar refractivity (Wildman–Crippen MR) is 111 cm³/mol. The number of hydrogen-bond donors (Lipinski definition) is 3. The summed E-state index contributed by atoms with van der Waals surface area (Å²) in [6.45, 7) is 0.0478. The van der Waals surface area contributed by atoms with Crippen molar-refractivity contribution in [2.75, 3.05) is 19.4 Å². The second-order valence-electron chi connectivity index (χ2n) is 6.57. The molecule has 1 amide bonds. The third kappa shape index (κ3) is 3.65. The summed E-state index contributed by atoms with van der Waals surface area (Å²) in [6.07, 6.45) is 2.10. The van der Waals surface area contributed by atoms with Crippen molar-refractivity contribution in [1.82, 2.24) is 24.9 Å². The fourth-order valence-corrected chi connectivity index (χ4v) is 3.20. The van der Waals surface area contributed by atoms with Gasteiger partial charge in [-0.3, -0.25) is 4.79 Å². The molecule has 0 saturated heterocycles. The average Bonchev–Trinajstić information content (AvgIpc) is 3.19. The van der Waals surface area contributed by atoms with E-state index in [-0.39, 0.29) is 12.4 Å². The number of nitrogens with zero attached hydrogens (tertiary/aromatic N) is 4. The van der Waals surface area contributed by atoms with E-state index in [2.05, 4.69) is 20.4 Å². The van der Waals surface area contributed by atoms with Gasteiger partial charge in [0.25, 0.3) is 5.91 Å². The van der Waals surface area contributed by atoms with Crippen LogP contribution < -0.4 is 15.8 Å². The molecule has 9 heteroatoms. The lowest BCUT2D eigenvalue weighted by Gasteiger charge is -2.12. The van der Waals surface area contributed by atoms with E-state index in [1.807, 2.05) is 18.2 Å². The molecular weight excluding hydrogens is 384 g/mol. The number of amides is 1. The van der Waals surface area contributed by atoms with Crippen molar-refractivity contribution in [1.29, 1.82) is 0 Å². The van der Waals surface area contributed by atoms with Crippen molar-refractivity contribution < 1.29 is 14.6 Å². The molecule has 3 heterocycles. The van der Waals surface area contributed by atoms with Crippen molar-refractivity contribution in [3.05, 3.63) is 72.2 Å². The molecule has 0 spiro atoms. The number of nitrogens with two attached hydrogens (primary N) is 1. The van der Waals surface area contributed by atoms with E-state index in [1.54, 1.807) is 41.0 Å². The van der Waals surface area contributed by atoms with Crippen LogP contribution in [0.2, 0.25) is 0 Å². The zero-order valence-electron chi connectivity index (χ0n) is 16.2. The SMILES string of the molecule is COc1cc(-c2cc(C(=O)NCC(O)c3ccccc3)c3c(N)ncnn23)ccn1. The van der Waals surface area contributed by atoms with Crippen LogP contribution in [-0.4, -0.2) is 44.3 Å². The molecule has 152 valence electrons. The molecule has 30 heavy (non-hydrogen) atoms. The lowest BCUT2D eigenvalue weighted by molar-refractivity contribution is 0.0918. The van der Waals surface area contributed by atoms with Crippen molar-refractivity contribution in [2.45, 2.75) is 6.10 Å². The fourth-order valence-electron chi connectivity index (χ4n) is 3.20. The Labute approximate surface area is 172 Å². The first-order valence-corrected chi connectivity index (χ1v) is 9.22. The average molecular weight is 404 g/mol. The molecule has 1 atom stereocenters. The van der Waals surface area contributed by atoms with E-state index in [0.29, 0.717) is 28.2 Å².